The Morgan fingerprint density at radius 1 is 1.00 bits per heavy atom. The zero-order chi connectivity index (χ0) is 21.3. The van der Waals surface area contributed by atoms with Gasteiger partial charge in [0.2, 0.25) is 5.84 Å². The molecule has 0 aliphatic carbocycles. The fourth-order valence-corrected chi connectivity index (χ4v) is 3.08. The molecule has 154 valence electrons. The molecule has 0 spiro atoms. The lowest BCUT2D eigenvalue weighted by molar-refractivity contribution is 0.866. The number of anilines is 2. The lowest BCUT2D eigenvalue weighted by atomic mass is 10.2. The molecular weight excluding hydrogens is 464 g/mol. The molecule has 30 heavy (non-hydrogen) atoms. The monoisotopic (exact) mass is 484 g/mol. The van der Waals surface area contributed by atoms with Crippen LogP contribution in [0.25, 0.3) is 0 Å². The fourth-order valence-electron chi connectivity index (χ4n) is 2.72. The number of aromatic nitrogens is 1. The molecule has 0 unspecified atom stereocenters. The van der Waals surface area contributed by atoms with E-state index in [9.17, 15) is 0 Å². The van der Waals surface area contributed by atoms with E-state index in [1.54, 1.807) is 24.4 Å². The number of hydrazone groups is 1. The van der Waals surface area contributed by atoms with Gasteiger partial charge in [-0.1, -0.05) is 11.6 Å². The topological polar surface area (TPSA) is 65.2 Å². The molecule has 0 saturated heterocycles. The van der Waals surface area contributed by atoms with Gasteiger partial charge in [-0.05, 0) is 90.4 Å². The Hall–Kier alpha value is -2.77. The van der Waals surface area contributed by atoms with Crippen LogP contribution in [-0.4, -0.2) is 23.9 Å². The minimum Gasteiger partial charge on any atom is -0.372 e. The van der Waals surface area contributed by atoms with Crippen molar-refractivity contribution in [3.8, 4) is 0 Å². The zero-order valence-electron chi connectivity index (χ0n) is 16.8. The van der Waals surface area contributed by atoms with Gasteiger partial charge in [0, 0.05) is 40.0 Å². The lowest BCUT2D eigenvalue weighted by Crippen LogP contribution is -2.21. The lowest BCUT2D eigenvalue weighted by Gasteiger charge is -2.21. The summed E-state index contributed by atoms with van der Waals surface area (Å²) >= 11 is 9.37. The highest BCUT2D eigenvalue weighted by Gasteiger charge is 2.05. The normalized spacial score (nSPS) is 11.7. The molecule has 0 bridgehead atoms. The Morgan fingerprint density at radius 3 is 2.30 bits per heavy atom. The van der Waals surface area contributed by atoms with E-state index in [1.807, 2.05) is 30.3 Å². The summed E-state index contributed by atoms with van der Waals surface area (Å²) in [5.74, 6) is 0.910. The van der Waals surface area contributed by atoms with E-state index >= 15 is 0 Å². The Kier molecular flexibility index (Phi) is 7.93. The second-order valence-corrected chi connectivity index (χ2v) is 7.66. The summed E-state index contributed by atoms with van der Waals surface area (Å²) in [5.41, 5.74) is 5.88. The molecule has 0 atom stereocenters. The van der Waals surface area contributed by atoms with Gasteiger partial charge in [0.1, 0.15) is 0 Å². The Morgan fingerprint density at radius 2 is 1.70 bits per heavy atom. The van der Waals surface area contributed by atoms with Gasteiger partial charge in [0.15, 0.2) is 5.82 Å². The van der Waals surface area contributed by atoms with Crippen LogP contribution in [0, 0.1) is 0 Å². The molecule has 1 N–H and O–H groups in total. The zero-order valence-corrected chi connectivity index (χ0v) is 19.1. The van der Waals surface area contributed by atoms with Crippen molar-refractivity contribution in [3.05, 3.63) is 81.9 Å². The van der Waals surface area contributed by atoms with Crippen LogP contribution in [0.4, 0.5) is 17.2 Å². The van der Waals surface area contributed by atoms with Gasteiger partial charge in [0.25, 0.3) is 0 Å². The molecule has 1 heterocycles. The van der Waals surface area contributed by atoms with E-state index in [0.717, 1.165) is 28.8 Å². The summed E-state index contributed by atoms with van der Waals surface area (Å²) in [6, 6.07) is 19.0. The van der Waals surface area contributed by atoms with Crippen molar-refractivity contribution in [2.75, 3.05) is 23.4 Å². The maximum absolute atomic E-state index is 6.01. The number of nitrogens with one attached hydrogen (secondary N) is 1. The van der Waals surface area contributed by atoms with Crippen LogP contribution in [-0.2, 0) is 0 Å². The second-order valence-electron chi connectivity index (χ2n) is 6.31. The summed E-state index contributed by atoms with van der Waals surface area (Å²) < 4.78 is 0.878. The molecule has 0 saturated carbocycles. The van der Waals surface area contributed by atoms with Crippen LogP contribution >= 0.6 is 27.5 Å². The Balaban J connectivity index is 1.83. The van der Waals surface area contributed by atoms with Gasteiger partial charge < -0.3 is 4.90 Å². The van der Waals surface area contributed by atoms with E-state index in [0.29, 0.717) is 16.7 Å². The molecular formula is C22H22BrClN6. The van der Waals surface area contributed by atoms with Crippen LogP contribution in [0.2, 0.25) is 5.02 Å². The van der Waals surface area contributed by atoms with Gasteiger partial charge in [-0.3, -0.25) is 5.43 Å². The van der Waals surface area contributed by atoms with Crippen LogP contribution in [0.15, 0.2) is 86.7 Å². The number of rotatable bonds is 7. The summed E-state index contributed by atoms with van der Waals surface area (Å²) in [6.07, 6.45) is 1.67. The van der Waals surface area contributed by atoms with Crippen molar-refractivity contribution >= 4 is 50.6 Å². The van der Waals surface area contributed by atoms with Crippen molar-refractivity contribution in [3.63, 3.8) is 0 Å². The van der Waals surface area contributed by atoms with E-state index < -0.39 is 0 Å². The fraction of sp³-hybridized carbons (Fsp3) is 0.182. The molecule has 0 radical (unpaired) electrons. The van der Waals surface area contributed by atoms with Crippen molar-refractivity contribution in [1.82, 2.24) is 4.98 Å². The molecule has 6 nitrogen and oxygen atoms in total. The summed E-state index contributed by atoms with van der Waals surface area (Å²) in [4.78, 5) is 6.49. The third-order valence-electron chi connectivity index (χ3n) is 4.35. The quantitative estimate of drug-likeness (QED) is 0.171. The number of hydrogen-bond acceptors (Lipinski definition) is 5. The number of azo groups is 1. The molecule has 0 amide bonds. The van der Waals surface area contributed by atoms with Gasteiger partial charge in [-0.25, -0.2) is 4.98 Å². The van der Waals surface area contributed by atoms with E-state index in [4.69, 9.17) is 11.6 Å². The third-order valence-corrected chi connectivity index (χ3v) is 5.07. The Bertz CT molecular complexity index is 997. The first kappa shape index (κ1) is 21.9. The molecule has 1 aromatic heterocycles. The smallest absolute Gasteiger partial charge is 0.201 e. The predicted molar refractivity (Wildman–Crippen MR) is 128 cm³/mol. The maximum Gasteiger partial charge on any atom is 0.201 e. The maximum atomic E-state index is 6.01. The van der Waals surface area contributed by atoms with Crippen LogP contribution in [0.5, 0.6) is 0 Å². The van der Waals surface area contributed by atoms with Crippen molar-refractivity contribution in [2.24, 2.45) is 15.3 Å². The first-order valence-electron chi connectivity index (χ1n) is 9.57. The number of benzene rings is 2. The van der Waals surface area contributed by atoms with Crippen molar-refractivity contribution in [2.45, 2.75) is 13.8 Å². The second kappa shape index (κ2) is 10.8. The third kappa shape index (κ3) is 6.11. The average Bonchev–Trinajstić information content (AvgIpc) is 2.77. The van der Waals surface area contributed by atoms with Gasteiger partial charge in [0.05, 0.1) is 5.69 Å². The number of hydrogen-bond donors (Lipinski definition) is 1. The molecule has 8 heteroatoms. The highest BCUT2D eigenvalue weighted by Crippen LogP contribution is 2.19. The molecule has 0 aliphatic rings. The molecule has 3 rings (SSSR count). The minimum atomic E-state index is 0.421. The van der Waals surface area contributed by atoms with E-state index in [-0.39, 0.29) is 0 Å². The number of amidine groups is 1. The van der Waals surface area contributed by atoms with Gasteiger partial charge in [-0.2, -0.15) is 5.10 Å². The predicted octanol–water partition coefficient (Wildman–Crippen LogP) is 6.90. The first-order chi connectivity index (χ1) is 14.6. The molecule has 0 fully saturated rings. The minimum absolute atomic E-state index is 0.421. The molecule has 2 aromatic carbocycles. The number of pyridine rings is 1. The Labute approximate surface area is 189 Å². The van der Waals surface area contributed by atoms with Gasteiger partial charge in [-0.15, -0.1) is 10.2 Å². The number of halogens is 2. The number of nitrogens with zero attached hydrogens (tertiary/aromatic N) is 5. The molecule has 0 aliphatic heterocycles. The van der Waals surface area contributed by atoms with Crippen molar-refractivity contribution < 1.29 is 0 Å². The van der Waals surface area contributed by atoms with Gasteiger partial charge >= 0.3 is 0 Å². The average molecular weight is 486 g/mol. The highest BCUT2D eigenvalue weighted by atomic mass is 79.9. The largest absolute Gasteiger partial charge is 0.372 e. The first-order valence-corrected chi connectivity index (χ1v) is 10.7. The summed E-state index contributed by atoms with van der Waals surface area (Å²) in [5, 5.41) is 13.6. The van der Waals surface area contributed by atoms with Crippen LogP contribution in [0.1, 0.15) is 19.4 Å². The van der Waals surface area contributed by atoms with E-state index in [2.05, 4.69) is 72.5 Å². The standard InChI is InChI=1S/C22H22BrClN6/c1-3-30(4-2)20-12-10-19(11-13-20)26-28-22(16-5-8-18(24)9-6-16)29-27-21-14-7-17(23)15-25-21/h5-15,26H,3-4H2,1-2H3/b28-22-,29-27?. The SMILES string of the molecule is CCN(CC)c1ccc(N/N=C(\N=Nc2ccc(Br)cn2)c2ccc(Cl)cc2)cc1. The van der Waals surface area contributed by atoms with Crippen molar-refractivity contribution in [1.29, 1.82) is 0 Å². The summed E-state index contributed by atoms with van der Waals surface area (Å²) in [6.45, 7) is 6.21. The van der Waals surface area contributed by atoms with Crippen LogP contribution < -0.4 is 10.3 Å². The van der Waals surface area contributed by atoms with E-state index in [1.165, 1.54) is 5.69 Å². The summed E-state index contributed by atoms with van der Waals surface area (Å²) in [7, 11) is 0. The highest BCUT2D eigenvalue weighted by molar-refractivity contribution is 9.10. The van der Waals surface area contributed by atoms with Crippen LogP contribution in [0.3, 0.4) is 0 Å². The molecule has 3 aromatic rings.